The van der Waals surface area contributed by atoms with E-state index in [4.69, 9.17) is 4.74 Å². The van der Waals surface area contributed by atoms with E-state index in [0.29, 0.717) is 11.3 Å². The van der Waals surface area contributed by atoms with Crippen LogP contribution in [0.15, 0.2) is 54.0 Å². The van der Waals surface area contributed by atoms with Crippen molar-refractivity contribution >= 4 is 39.1 Å². The molecular weight excluding hydrogens is 312 g/mol. The maximum absolute atomic E-state index is 12.2. The molecule has 1 amide bonds. The molecule has 0 saturated carbocycles. The summed E-state index contributed by atoms with van der Waals surface area (Å²) < 4.78 is 6.13. The predicted molar refractivity (Wildman–Crippen MR) is 89.6 cm³/mol. The highest BCUT2D eigenvalue weighted by atomic mass is 32.1. The zero-order chi connectivity index (χ0) is 16.2. The number of anilines is 1. The van der Waals surface area contributed by atoms with Gasteiger partial charge >= 0.3 is 5.97 Å². The third-order valence-corrected chi connectivity index (χ3v) is 4.05. The number of amides is 1. The van der Waals surface area contributed by atoms with Gasteiger partial charge in [-0.2, -0.15) is 0 Å². The SMILES string of the molecule is C[C@@H](OC(=O)c1ccc2ncsc2c1)C(=O)Nc1ccccc1. The number of fused-ring (bicyclic) bond motifs is 1. The van der Waals surface area contributed by atoms with Crippen LogP contribution in [0.5, 0.6) is 0 Å². The van der Waals surface area contributed by atoms with Crippen molar-refractivity contribution in [3.05, 3.63) is 59.6 Å². The Morgan fingerprint density at radius 3 is 2.74 bits per heavy atom. The molecule has 0 aliphatic rings. The monoisotopic (exact) mass is 326 g/mol. The third kappa shape index (κ3) is 3.54. The Labute approximate surface area is 136 Å². The van der Waals surface area contributed by atoms with Gasteiger partial charge in [-0.15, -0.1) is 11.3 Å². The Kier molecular flexibility index (Phi) is 4.34. The molecule has 0 bridgehead atoms. The molecule has 2 aromatic carbocycles. The minimum absolute atomic E-state index is 0.372. The number of esters is 1. The van der Waals surface area contributed by atoms with E-state index < -0.39 is 12.1 Å². The fourth-order valence-corrected chi connectivity index (χ4v) is 2.75. The summed E-state index contributed by atoms with van der Waals surface area (Å²) in [5.74, 6) is -0.903. The van der Waals surface area contributed by atoms with Crippen molar-refractivity contribution in [2.45, 2.75) is 13.0 Å². The van der Waals surface area contributed by atoms with Gasteiger partial charge in [-0.3, -0.25) is 4.79 Å². The van der Waals surface area contributed by atoms with E-state index in [1.54, 1.807) is 42.8 Å². The quantitative estimate of drug-likeness (QED) is 0.745. The van der Waals surface area contributed by atoms with Gasteiger partial charge in [-0.1, -0.05) is 18.2 Å². The van der Waals surface area contributed by atoms with Crippen LogP contribution in [0.3, 0.4) is 0 Å². The lowest BCUT2D eigenvalue weighted by atomic mass is 10.2. The first-order chi connectivity index (χ1) is 11.1. The van der Waals surface area contributed by atoms with E-state index >= 15 is 0 Å². The number of hydrogen-bond donors (Lipinski definition) is 1. The summed E-state index contributed by atoms with van der Waals surface area (Å²) in [5, 5.41) is 2.70. The number of rotatable bonds is 4. The van der Waals surface area contributed by atoms with Gasteiger partial charge in [0, 0.05) is 5.69 Å². The van der Waals surface area contributed by atoms with Gasteiger partial charge in [0.05, 0.1) is 21.3 Å². The molecule has 3 aromatic rings. The standard InChI is InChI=1S/C17H14N2O3S/c1-11(16(20)19-13-5-3-2-4-6-13)22-17(21)12-7-8-14-15(9-12)23-10-18-14/h2-11H,1H3,(H,19,20)/t11-/m1/s1. The highest BCUT2D eigenvalue weighted by Crippen LogP contribution is 2.20. The van der Waals surface area contributed by atoms with Gasteiger partial charge in [0.2, 0.25) is 0 Å². The highest BCUT2D eigenvalue weighted by molar-refractivity contribution is 7.16. The molecule has 3 rings (SSSR count). The number of ether oxygens (including phenoxy) is 1. The van der Waals surface area contributed by atoms with Crippen molar-refractivity contribution in [1.29, 1.82) is 0 Å². The summed E-state index contributed by atoms with van der Waals surface area (Å²) in [6.45, 7) is 1.54. The van der Waals surface area contributed by atoms with Gasteiger partial charge in [-0.05, 0) is 37.3 Å². The average molecular weight is 326 g/mol. The van der Waals surface area contributed by atoms with Crippen LogP contribution in [-0.4, -0.2) is 23.0 Å². The summed E-state index contributed by atoms with van der Waals surface area (Å²) >= 11 is 1.45. The van der Waals surface area contributed by atoms with Crippen LogP contribution in [0, 0.1) is 0 Å². The number of thiazole rings is 1. The molecule has 1 aromatic heterocycles. The second kappa shape index (κ2) is 6.58. The average Bonchev–Trinajstić information content (AvgIpc) is 3.03. The van der Waals surface area contributed by atoms with Crippen LogP contribution in [0.4, 0.5) is 5.69 Å². The second-order valence-corrected chi connectivity index (χ2v) is 5.82. The molecule has 0 aliphatic carbocycles. The number of carbonyl (C=O) groups excluding carboxylic acids is 2. The van der Waals surface area contributed by atoms with Crippen molar-refractivity contribution in [1.82, 2.24) is 4.98 Å². The van der Waals surface area contributed by atoms with Crippen LogP contribution < -0.4 is 5.32 Å². The fourth-order valence-electron chi connectivity index (χ4n) is 2.03. The molecule has 23 heavy (non-hydrogen) atoms. The molecule has 1 atom stereocenters. The number of nitrogens with one attached hydrogen (secondary N) is 1. The number of nitrogens with zero attached hydrogens (tertiary/aromatic N) is 1. The first-order valence-electron chi connectivity index (χ1n) is 7.03. The normalized spacial score (nSPS) is 11.9. The van der Waals surface area contributed by atoms with Crippen LogP contribution in [0.25, 0.3) is 10.2 Å². The van der Waals surface area contributed by atoms with E-state index in [-0.39, 0.29) is 5.91 Å². The molecule has 5 nitrogen and oxygen atoms in total. The lowest BCUT2D eigenvalue weighted by molar-refractivity contribution is -0.123. The molecule has 0 saturated heterocycles. The number of para-hydroxylation sites is 1. The molecule has 0 aliphatic heterocycles. The Morgan fingerprint density at radius 2 is 1.96 bits per heavy atom. The maximum atomic E-state index is 12.2. The lowest BCUT2D eigenvalue weighted by Gasteiger charge is -2.13. The summed E-state index contributed by atoms with van der Waals surface area (Å²) in [4.78, 5) is 28.4. The van der Waals surface area contributed by atoms with E-state index in [1.165, 1.54) is 11.3 Å². The number of hydrogen-bond acceptors (Lipinski definition) is 5. The van der Waals surface area contributed by atoms with Gasteiger partial charge in [0.15, 0.2) is 6.10 Å². The van der Waals surface area contributed by atoms with Gasteiger partial charge in [-0.25, -0.2) is 9.78 Å². The second-order valence-electron chi connectivity index (χ2n) is 4.94. The smallest absolute Gasteiger partial charge is 0.338 e. The minimum Gasteiger partial charge on any atom is -0.449 e. The topological polar surface area (TPSA) is 68.3 Å². The Balaban J connectivity index is 1.65. The molecule has 0 unspecified atom stereocenters. The summed E-state index contributed by atoms with van der Waals surface area (Å²) in [5.41, 5.74) is 3.62. The summed E-state index contributed by atoms with van der Waals surface area (Å²) in [6, 6.07) is 14.1. The number of carbonyl (C=O) groups is 2. The van der Waals surface area contributed by atoms with Crippen molar-refractivity contribution in [3.8, 4) is 0 Å². The largest absolute Gasteiger partial charge is 0.449 e. The molecule has 0 radical (unpaired) electrons. The first-order valence-corrected chi connectivity index (χ1v) is 7.91. The number of benzene rings is 2. The van der Waals surface area contributed by atoms with Crippen LogP contribution >= 0.6 is 11.3 Å². The van der Waals surface area contributed by atoms with E-state index in [9.17, 15) is 9.59 Å². The lowest BCUT2D eigenvalue weighted by Crippen LogP contribution is -2.29. The van der Waals surface area contributed by atoms with E-state index in [1.807, 2.05) is 18.2 Å². The molecular formula is C17H14N2O3S. The zero-order valence-electron chi connectivity index (χ0n) is 12.4. The minimum atomic E-state index is -0.889. The molecule has 0 fully saturated rings. The van der Waals surface area contributed by atoms with Gasteiger partial charge in [0.25, 0.3) is 5.91 Å². The van der Waals surface area contributed by atoms with Gasteiger partial charge in [0.1, 0.15) is 0 Å². The Morgan fingerprint density at radius 1 is 1.17 bits per heavy atom. The molecule has 1 heterocycles. The third-order valence-electron chi connectivity index (χ3n) is 3.26. The summed E-state index contributed by atoms with van der Waals surface area (Å²) in [6.07, 6.45) is -0.889. The van der Waals surface area contributed by atoms with E-state index in [2.05, 4.69) is 10.3 Å². The van der Waals surface area contributed by atoms with Crippen molar-refractivity contribution in [3.63, 3.8) is 0 Å². The zero-order valence-corrected chi connectivity index (χ0v) is 13.2. The Bertz CT molecular complexity index is 845. The van der Waals surface area contributed by atoms with Crippen molar-refractivity contribution in [2.24, 2.45) is 0 Å². The highest BCUT2D eigenvalue weighted by Gasteiger charge is 2.19. The maximum Gasteiger partial charge on any atom is 0.338 e. The molecule has 116 valence electrons. The van der Waals surface area contributed by atoms with Crippen molar-refractivity contribution < 1.29 is 14.3 Å². The first kappa shape index (κ1) is 15.2. The van der Waals surface area contributed by atoms with E-state index in [0.717, 1.165) is 10.2 Å². The van der Waals surface area contributed by atoms with Crippen LogP contribution in [-0.2, 0) is 9.53 Å². The van der Waals surface area contributed by atoms with Crippen molar-refractivity contribution in [2.75, 3.05) is 5.32 Å². The van der Waals surface area contributed by atoms with Crippen LogP contribution in [0.1, 0.15) is 17.3 Å². The van der Waals surface area contributed by atoms with Gasteiger partial charge < -0.3 is 10.1 Å². The molecule has 6 heteroatoms. The summed E-state index contributed by atoms with van der Waals surface area (Å²) in [7, 11) is 0. The molecule has 1 N–H and O–H groups in total. The predicted octanol–water partition coefficient (Wildman–Crippen LogP) is 3.48. The number of aromatic nitrogens is 1. The molecule has 0 spiro atoms. The Hall–Kier alpha value is -2.73. The van der Waals surface area contributed by atoms with Crippen LogP contribution in [0.2, 0.25) is 0 Å². The fraction of sp³-hybridized carbons (Fsp3) is 0.118.